The van der Waals surface area contributed by atoms with E-state index in [9.17, 15) is 9.59 Å². The third-order valence-corrected chi connectivity index (χ3v) is 7.91. The van der Waals surface area contributed by atoms with E-state index in [1.54, 1.807) is 0 Å². The number of carbonyl (C=O) groups excluding carboxylic acids is 2. The van der Waals surface area contributed by atoms with Gasteiger partial charge in [0.05, 0.1) is 6.61 Å². The Bertz CT molecular complexity index is 626. The van der Waals surface area contributed by atoms with Gasteiger partial charge in [-0.25, -0.2) is 9.59 Å². The predicted octanol–water partition coefficient (Wildman–Crippen LogP) is 3.29. The second kappa shape index (κ2) is 8.93. The highest BCUT2D eigenvalue weighted by Crippen LogP contribution is 2.51. The molecule has 4 rings (SSSR count). The topological polar surface area (TPSA) is 65.1 Å². The first kappa shape index (κ1) is 21.7. The Balaban J connectivity index is 1.22. The van der Waals surface area contributed by atoms with Gasteiger partial charge in [0.15, 0.2) is 0 Å². The molecule has 1 aliphatic carbocycles. The highest BCUT2D eigenvalue weighted by molar-refractivity contribution is 5.75. The van der Waals surface area contributed by atoms with Gasteiger partial charge in [0.25, 0.3) is 0 Å². The maximum Gasteiger partial charge on any atom is 0.409 e. The Hall–Kier alpha value is -1.50. The third kappa shape index (κ3) is 4.41. The molecule has 7 nitrogen and oxygen atoms in total. The summed E-state index contributed by atoms with van der Waals surface area (Å²) >= 11 is 0. The van der Waals surface area contributed by atoms with Gasteiger partial charge < -0.3 is 24.8 Å². The monoisotopic (exact) mass is 420 g/mol. The fourth-order valence-electron chi connectivity index (χ4n) is 6.37. The molecule has 4 fully saturated rings. The van der Waals surface area contributed by atoms with Crippen molar-refractivity contribution in [2.45, 2.75) is 83.8 Å². The van der Waals surface area contributed by atoms with Crippen LogP contribution in [0, 0.1) is 11.3 Å². The van der Waals surface area contributed by atoms with Gasteiger partial charge in [-0.2, -0.15) is 0 Å². The smallest absolute Gasteiger partial charge is 0.409 e. The molecule has 1 N–H and O–H groups in total. The lowest BCUT2D eigenvalue weighted by molar-refractivity contribution is -0.0144. The quantitative estimate of drug-likeness (QED) is 0.758. The molecule has 7 heteroatoms. The summed E-state index contributed by atoms with van der Waals surface area (Å²) in [6.07, 6.45) is 8.13. The van der Waals surface area contributed by atoms with Gasteiger partial charge in [0, 0.05) is 37.8 Å². The number of likely N-dealkylation sites (tertiary alicyclic amines) is 3. The highest BCUT2D eigenvalue weighted by atomic mass is 16.6. The molecule has 170 valence electrons. The van der Waals surface area contributed by atoms with E-state index < -0.39 is 0 Å². The molecule has 1 saturated carbocycles. The summed E-state index contributed by atoms with van der Waals surface area (Å²) in [6, 6.07) is 1.42. The molecule has 1 atom stereocenters. The zero-order valence-electron chi connectivity index (χ0n) is 19.1. The van der Waals surface area contributed by atoms with Crippen molar-refractivity contribution in [1.29, 1.82) is 0 Å². The second-order valence-corrected chi connectivity index (χ2v) is 10.3. The minimum Gasteiger partial charge on any atom is -0.450 e. The van der Waals surface area contributed by atoms with Gasteiger partial charge in [-0.3, -0.25) is 0 Å². The van der Waals surface area contributed by atoms with E-state index in [0.717, 1.165) is 52.0 Å². The van der Waals surface area contributed by atoms with Crippen molar-refractivity contribution in [1.82, 2.24) is 20.0 Å². The van der Waals surface area contributed by atoms with Gasteiger partial charge in [-0.1, -0.05) is 0 Å². The number of piperidine rings is 1. The number of amides is 3. The first-order valence-corrected chi connectivity index (χ1v) is 12.1. The summed E-state index contributed by atoms with van der Waals surface area (Å²) < 4.78 is 5.18. The first-order chi connectivity index (χ1) is 14.4. The summed E-state index contributed by atoms with van der Waals surface area (Å²) in [7, 11) is 0. The van der Waals surface area contributed by atoms with Crippen LogP contribution in [0.2, 0.25) is 0 Å². The summed E-state index contributed by atoms with van der Waals surface area (Å²) in [5.41, 5.74) is 0.339. The minimum atomic E-state index is -0.138. The molecular formula is C23H40N4O3. The molecule has 1 spiro atoms. The number of urea groups is 1. The number of ether oxygens (including phenoxy) is 1. The van der Waals surface area contributed by atoms with Crippen LogP contribution >= 0.6 is 0 Å². The second-order valence-electron chi connectivity index (χ2n) is 10.3. The van der Waals surface area contributed by atoms with Crippen LogP contribution in [0.25, 0.3) is 0 Å². The van der Waals surface area contributed by atoms with Gasteiger partial charge in [0.2, 0.25) is 0 Å². The zero-order chi connectivity index (χ0) is 21.3. The van der Waals surface area contributed by atoms with Gasteiger partial charge >= 0.3 is 12.1 Å². The molecular weight excluding hydrogens is 380 g/mol. The molecule has 3 aliphatic heterocycles. The van der Waals surface area contributed by atoms with Crippen LogP contribution in [-0.2, 0) is 4.74 Å². The molecule has 3 heterocycles. The SMILES string of the molecule is CCOC(=O)N1CCC2(CC(N3CCC(C4CCCN4C(=O)NC(C)C)CC3)C2)C1. The van der Waals surface area contributed by atoms with Gasteiger partial charge in [-0.15, -0.1) is 0 Å². The maximum atomic E-state index is 12.6. The van der Waals surface area contributed by atoms with Crippen molar-refractivity contribution in [2.24, 2.45) is 11.3 Å². The molecule has 0 bridgehead atoms. The standard InChI is InChI=1S/C23H40N4O3/c1-4-30-22(29)26-13-9-23(16-26)14-19(15-23)25-11-7-18(8-12-25)20-6-5-10-27(20)21(28)24-17(2)3/h17-20H,4-16H2,1-3H3,(H,24,28). The Morgan fingerprint density at radius 2 is 1.83 bits per heavy atom. The fourth-order valence-corrected chi connectivity index (χ4v) is 6.37. The Labute approximate surface area is 181 Å². The minimum absolute atomic E-state index is 0.128. The molecule has 0 aromatic heterocycles. The van der Waals surface area contributed by atoms with Crippen LogP contribution in [0.4, 0.5) is 9.59 Å². The van der Waals surface area contributed by atoms with E-state index >= 15 is 0 Å². The summed E-state index contributed by atoms with van der Waals surface area (Å²) in [5.74, 6) is 0.640. The average molecular weight is 421 g/mol. The number of nitrogens with one attached hydrogen (secondary N) is 1. The molecule has 0 aromatic carbocycles. The van der Waals surface area contributed by atoms with Crippen LogP contribution in [0.5, 0.6) is 0 Å². The van der Waals surface area contributed by atoms with Crippen molar-refractivity contribution >= 4 is 12.1 Å². The lowest BCUT2D eigenvalue weighted by Crippen LogP contribution is -2.55. The summed E-state index contributed by atoms with van der Waals surface area (Å²) in [5, 5.41) is 3.09. The van der Waals surface area contributed by atoms with E-state index in [1.165, 1.54) is 25.7 Å². The molecule has 30 heavy (non-hydrogen) atoms. The Morgan fingerprint density at radius 3 is 2.50 bits per heavy atom. The molecule has 3 saturated heterocycles. The van der Waals surface area contributed by atoms with Crippen LogP contribution in [0.15, 0.2) is 0 Å². The normalized spacial score (nSPS) is 32.7. The Kier molecular flexibility index (Phi) is 6.47. The average Bonchev–Trinajstić information content (AvgIpc) is 3.34. The number of rotatable bonds is 4. The van der Waals surface area contributed by atoms with E-state index in [-0.39, 0.29) is 18.2 Å². The van der Waals surface area contributed by atoms with E-state index in [1.807, 2.05) is 25.7 Å². The van der Waals surface area contributed by atoms with Crippen molar-refractivity contribution in [3.63, 3.8) is 0 Å². The molecule has 4 aliphatic rings. The number of hydrogen-bond acceptors (Lipinski definition) is 4. The van der Waals surface area contributed by atoms with Crippen LogP contribution < -0.4 is 5.32 Å². The number of nitrogens with zero attached hydrogens (tertiary/aromatic N) is 3. The van der Waals surface area contributed by atoms with E-state index in [4.69, 9.17) is 4.74 Å². The number of hydrogen-bond donors (Lipinski definition) is 1. The van der Waals surface area contributed by atoms with Gasteiger partial charge in [-0.05, 0) is 90.1 Å². The van der Waals surface area contributed by atoms with Gasteiger partial charge in [0.1, 0.15) is 0 Å². The Morgan fingerprint density at radius 1 is 1.10 bits per heavy atom. The van der Waals surface area contributed by atoms with E-state index in [0.29, 0.717) is 30.0 Å². The molecule has 1 unspecified atom stereocenters. The van der Waals surface area contributed by atoms with Crippen molar-refractivity contribution < 1.29 is 14.3 Å². The van der Waals surface area contributed by atoms with Crippen LogP contribution in [0.3, 0.4) is 0 Å². The fraction of sp³-hybridized carbons (Fsp3) is 0.913. The lowest BCUT2D eigenvalue weighted by atomic mass is 9.64. The third-order valence-electron chi connectivity index (χ3n) is 7.91. The molecule has 3 amide bonds. The molecule has 0 aromatic rings. The highest BCUT2D eigenvalue weighted by Gasteiger charge is 2.51. The van der Waals surface area contributed by atoms with E-state index in [2.05, 4.69) is 15.1 Å². The molecule has 0 radical (unpaired) electrons. The lowest BCUT2D eigenvalue weighted by Gasteiger charge is -2.52. The zero-order valence-corrected chi connectivity index (χ0v) is 19.1. The van der Waals surface area contributed by atoms with Crippen LogP contribution in [0.1, 0.15) is 65.7 Å². The van der Waals surface area contributed by atoms with Crippen molar-refractivity contribution in [2.75, 3.05) is 39.3 Å². The summed E-state index contributed by atoms with van der Waals surface area (Å²) in [4.78, 5) is 31.3. The van der Waals surface area contributed by atoms with Crippen molar-refractivity contribution in [3.05, 3.63) is 0 Å². The first-order valence-electron chi connectivity index (χ1n) is 12.1. The number of carbonyl (C=O) groups is 2. The summed E-state index contributed by atoms with van der Waals surface area (Å²) in [6.45, 7) is 11.3. The maximum absolute atomic E-state index is 12.6. The largest absolute Gasteiger partial charge is 0.450 e. The predicted molar refractivity (Wildman–Crippen MR) is 116 cm³/mol. The van der Waals surface area contributed by atoms with Crippen molar-refractivity contribution in [3.8, 4) is 0 Å². The van der Waals surface area contributed by atoms with Crippen LogP contribution in [-0.4, -0.2) is 84.3 Å².